The van der Waals surface area contributed by atoms with Crippen LogP contribution in [0.3, 0.4) is 0 Å². The van der Waals surface area contributed by atoms with Crippen LogP contribution in [0.5, 0.6) is 0 Å². The van der Waals surface area contributed by atoms with Crippen molar-refractivity contribution in [1.29, 1.82) is 0 Å². The van der Waals surface area contributed by atoms with Crippen LogP contribution in [0, 0.1) is 0 Å². The number of carboxylic acids is 1. The Bertz CT molecular complexity index is 130. The Kier molecular flexibility index (Phi) is 4.07. The summed E-state index contributed by atoms with van der Waals surface area (Å²) >= 11 is 0. The number of ether oxygens (including phenoxy) is 1. The predicted molar refractivity (Wildman–Crippen MR) is 39.4 cm³/mol. The van der Waals surface area contributed by atoms with Crippen LogP contribution in [0.4, 0.5) is 0 Å². The summed E-state index contributed by atoms with van der Waals surface area (Å²) in [6, 6.07) is 0. The molecule has 0 saturated carbocycles. The van der Waals surface area contributed by atoms with Crippen LogP contribution in [0.25, 0.3) is 0 Å². The van der Waals surface area contributed by atoms with Gasteiger partial charge in [0.15, 0.2) is 0 Å². The van der Waals surface area contributed by atoms with Crippen molar-refractivity contribution in [2.75, 3.05) is 13.7 Å². The minimum Gasteiger partial charge on any atom is -0.481 e. The molecule has 0 bridgehead atoms. The lowest BCUT2D eigenvalue weighted by Crippen LogP contribution is -2.30. The fourth-order valence-electron chi connectivity index (χ4n) is 0.759. The Morgan fingerprint density at radius 2 is 2.18 bits per heavy atom. The van der Waals surface area contributed by atoms with Crippen molar-refractivity contribution in [3.05, 3.63) is 0 Å². The van der Waals surface area contributed by atoms with Crippen molar-refractivity contribution >= 4 is 5.97 Å². The molecule has 4 heteroatoms. The first-order chi connectivity index (χ1) is 4.98. The molecular weight excluding hydrogens is 148 g/mol. The summed E-state index contributed by atoms with van der Waals surface area (Å²) in [5, 5.41) is 17.7. The van der Waals surface area contributed by atoms with E-state index in [1.807, 2.05) is 0 Å². The van der Waals surface area contributed by atoms with Crippen LogP contribution in [-0.4, -0.2) is 35.5 Å². The fourth-order valence-corrected chi connectivity index (χ4v) is 0.759. The molecule has 0 aromatic carbocycles. The minimum atomic E-state index is -1.02. The van der Waals surface area contributed by atoms with Gasteiger partial charge >= 0.3 is 5.97 Å². The molecule has 1 unspecified atom stereocenters. The Morgan fingerprint density at radius 3 is 2.55 bits per heavy atom. The number of carboxylic acid groups (broad SMARTS) is 1. The molecule has 0 aliphatic carbocycles. The van der Waals surface area contributed by atoms with Gasteiger partial charge in [-0.25, -0.2) is 0 Å². The van der Waals surface area contributed by atoms with E-state index in [1.54, 1.807) is 6.92 Å². The van der Waals surface area contributed by atoms with E-state index in [-0.39, 0.29) is 19.4 Å². The number of aliphatic carboxylic acids is 1. The molecule has 0 spiro atoms. The number of methoxy groups -OCH3 is 1. The van der Waals surface area contributed by atoms with Gasteiger partial charge in [-0.3, -0.25) is 4.79 Å². The van der Waals surface area contributed by atoms with E-state index < -0.39 is 11.6 Å². The molecule has 2 N–H and O–H groups in total. The first kappa shape index (κ1) is 10.4. The lowest BCUT2D eigenvalue weighted by atomic mass is 10.0. The Morgan fingerprint density at radius 1 is 1.64 bits per heavy atom. The van der Waals surface area contributed by atoms with Gasteiger partial charge in [-0.2, -0.15) is 0 Å². The van der Waals surface area contributed by atoms with Crippen molar-refractivity contribution in [2.24, 2.45) is 0 Å². The van der Waals surface area contributed by atoms with Gasteiger partial charge in [0.25, 0.3) is 0 Å². The first-order valence-corrected chi connectivity index (χ1v) is 3.41. The zero-order valence-electron chi connectivity index (χ0n) is 6.83. The monoisotopic (exact) mass is 162 g/mol. The van der Waals surface area contributed by atoms with E-state index >= 15 is 0 Å². The fraction of sp³-hybridized carbons (Fsp3) is 0.857. The zero-order chi connectivity index (χ0) is 8.91. The highest BCUT2D eigenvalue weighted by Gasteiger charge is 2.20. The van der Waals surface area contributed by atoms with Crippen molar-refractivity contribution in [1.82, 2.24) is 0 Å². The standard InChI is InChI=1S/C7H14O4/c1-7(10,5-11-2)4-3-6(8)9/h10H,3-5H2,1-2H3,(H,8,9). The van der Waals surface area contributed by atoms with E-state index in [4.69, 9.17) is 9.84 Å². The summed E-state index contributed by atoms with van der Waals surface area (Å²) in [4.78, 5) is 10.1. The summed E-state index contributed by atoms with van der Waals surface area (Å²) in [5.41, 5.74) is -1.02. The number of aliphatic hydroxyl groups is 1. The summed E-state index contributed by atoms with van der Waals surface area (Å²) in [6.07, 6.45) is 0.187. The topological polar surface area (TPSA) is 66.8 Å². The molecule has 0 aliphatic rings. The molecule has 0 saturated heterocycles. The van der Waals surface area contributed by atoms with Crippen molar-refractivity contribution in [3.8, 4) is 0 Å². The number of rotatable bonds is 5. The first-order valence-electron chi connectivity index (χ1n) is 3.41. The Balaban J connectivity index is 3.63. The summed E-state index contributed by atoms with van der Waals surface area (Å²) < 4.78 is 4.70. The lowest BCUT2D eigenvalue weighted by molar-refractivity contribution is -0.138. The van der Waals surface area contributed by atoms with Crippen LogP contribution in [0.1, 0.15) is 19.8 Å². The van der Waals surface area contributed by atoms with Crippen LogP contribution in [0.2, 0.25) is 0 Å². The molecule has 0 heterocycles. The number of hydrogen-bond donors (Lipinski definition) is 2. The van der Waals surface area contributed by atoms with E-state index in [2.05, 4.69) is 0 Å². The third kappa shape index (κ3) is 5.82. The molecule has 4 nitrogen and oxygen atoms in total. The summed E-state index contributed by atoms with van der Waals surface area (Å²) in [7, 11) is 1.47. The van der Waals surface area contributed by atoms with Gasteiger partial charge in [0.05, 0.1) is 12.2 Å². The molecule has 0 rings (SSSR count). The second-order valence-corrected chi connectivity index (χ2v) is 2.82. The smallest absolute Gasteiger partial charge is 0.303 e. The second-order valence-electron chi connectivity index (χ2n) is 2.82. The van der Waals surface area contributed by atoms with E-state index in [1.165, 1.54) is 7.11 Å². The van der Waals surface area contributed by atoms with Gasteiger partial charge in [-0.1, -0.05) is 0 Å². The second kappa shape index (κ2) is 4.31. The molecule has 11 heavy (non-hydrogen) atoms. The Hall–Kier alpha value is -0.610. The molecule has 0 aromatic heterocycles. The highest BCUT2D eigenvalue weighted by molar-refractivity contribution is 5.66. The SMILES string of the molecule is COCC(C)(O)CCC(=O)O. The third-order valence-corrected chi connectivity index (χ3v) is 1.33. The van der Waals surface area contributed by atoms with E-state index in [9.17, 15) is 9.90 Å². The molecule has 1 atom stereocenters. The summed E-state index contributed by atoms with van der Waals surface area (Å²) in [6.45, 7) is 1.72. The average molecular weight is 162 g/mol. The number of hydrogen-bond acceptors (Lipinski definition) is 3. The van der Waals surface area contributed by atoms with Crippen molar-refractivity contribution in [3.63, 3.8) is 0 Å². The van der Waals surface area contributed by atoms with E-state index in [0.29, 0.717) is 0 Å². The lowest BCUT2D eigenvalue weighted by Gasteiger charge is -2.20. The molecule has 0 fully saturated rings. The largest absolute Gasteiger partial charge is 0.481 e. The van der Waals surface area contributed by atoms with Crippen LogP contribution in [0.15, 0.2) is 0 Å². The van der Waals surface area contributed by atoms with Gasteiger partial charge < -0.3 is 14.9 Å². The van der Waals surface area contributed by atoms with Crippen molar-refractivity contribution < 1.29 is 19.7 Å². The maximum Gasteiger partial charge on any atom is 0.303 e. The maximum atomic E-state index is 10.1. The quantitative estimate of drug-likeness (QED) is 0.608. The van der Waals surface area contributed by atoms with Gasteiger partial charge in [0.2, 0.25) is 0 Å². The minimum absolute atomic E-state index is 0.0314. The zero-order valence-corrected chi connectivity index (χ0v) is 6.83. The van der Waals surface area contributed by atoms with Crippen molar-refractivity contribution in [2.45, 2.75) is 25.4 Å². The number of carbonyl (C=O) groups is 1. The van der Waals surface area contributed by atoms with Gasteiger partial charge in [-0.15, -0.1) is 0 Å². The maximum absolute atomic E-state index is 10.1. The molecular formula is C7H14O4. The van der Waals surface area contributed by atoms with Gasteiger partial charge in [-0.05, 0) is 13.3 Å². The van der Waals surface area contributed by atoms with Gasteiger partial charge in [0.1, 0.15) is 0 Å². The molecule has 0 aromatic rings. The average Bonchev–Trinajstić information content (AvgIpc) is 1.84. The molecule has 0 amide bonds. The van der Waals surface area contributed by atoms with Crippen LogP contribution >= 0.6 is 0 Å². The summed E-state index contributed by atoms with van der Waals surface area (Å²) in [5.74, 6) is -0.902. The molecule has 0 radical (unpaired) electrons. The molecule has 0 aliphatic heterocycles. The Labute approximate surface area is 65.8 Å². The normalized spacial score (nSPS) is 15.9. The highest BCUT2D eigenvalue weighted by atomic mass is 16.5. The van der Waals surface area contributed by atoms with Crippen LogP contribution in [-0.2, 0) is 9.53 Å². The van der Waals surface area contributed by atoms with Crippen LogP contribution < -0.4 is 0 Å². The highest BCUT2D eigenvalue weighted by Crippen LogP contribution is 2.11. The third-order valence-electron chi connectivity index (χ3n) is 1.33. The van der Waals surface area contributed by atoms with E-state index in [0.717, 1.165) is 0 Å². The predicted octanol–water partition coefficient (Wildman–Crippen LogP) is 0.249. The van der Waals surface area contributed by atoms with Gasteiger partial charge in [0, 0.05) is 13.5 Å². The molecule has 66 valence electrons.